The Morgan fingerprint density at radius 1 is 1.00 bits per heavy atom. The van der Waals surface area contributed by atoms with Gasteiger partial charge in [0, 0.05) is 6.54 Å². The molecule has 0 bridgehead atoms. The Balaban J connectivity index is 2.28. The highest BCUT2D eigenvalue weighted by atomic mass is 16.6. The van der Waals surface area contributed by atoms with Crippen LogP contribution in [0.1, 0.15) is 97.5 Å². The number of piperazine rings is 1. The van der Waals surface area contributed by atoms with Crippen LogP contribution in [0.25, 0.3) is 0 Å². The zero-order valence-electron chi connectivity index (χ0n) is 24.8. The third kappa shape index (κ3) is 10.3. The number of rotatable bonds is 15. The van der Waals surface area contributed by atoms with E-state index < -0.39 is 52.4 Å². The molecule has 40 heavy (non-hydrogen) atoms. The van der Waals surface area contributed by atoms with Gasteiger partial charge in [-0.25, -0.2) is 9.59 Å². The summed E-state index contributed by atoms with van der Waals surface area (Å²) < 4.78 is 10.4. The molecule has 1 aromatic carbocycles. The van der Waals surface area contributed by atoms with Crippen molar-refractivity contribution < 1.29 is 38.2 Å². The zero-order valence-corrected chi connectivity index (χ0v) is 24.8. The Kier molecular flexibility index (Phi) is 13.8. The van der Waals surface area contributed by atoms with Gasteiger partial charge in [-0.2, -0.15) is 4.79 Å². The number of carbonyl (C=O) groups excluding carboxylic acids is 3. The van der Waals surface area contributed by atoms with Gasteiger partial charge in [0.2, 0.25) is 6.04 Å². The molecule has 1 aliphatic rings. The number of carboxylic acid groups (broad SMARTS) is 1. The lowest BCUT2D eigenvalue weighted by molar-refractivity contribution is -0.806. The van der Waals surface area contributed by atoms with Crippen molar-refractivity contribution in [1.82, 2.24) is 5.32 Å². The van der Waals surface area contributed by atoms with Gasteiger partial charge in [-0.05, 0) is 32.8 Å². The number of ether oxygens (including phenoxy) is 2. The molecule has 224 valence electrons. The maximum Gasteiger partial charge on any atom is 0.524 e. The number of nitrogens with zero attached hydrogens (tertiary/aromatic N) is 1. The number of carboxylic acids is 1. The average Bonchev–Trinajstić information content (AvgIpc) is 2.91. The van der Waals surface area contributed by atoms with E-state index in [1.807, 2.05) is 30.3 Å². The minimum absolute atomic E-state index is 0.00447. The van der Waals surface area contributed by atoms with Crippen LogP contribution in [-0.4, -0.2) is 64.8 Å². The molecule has 0 spiro atoms. The predicted molar refractivity (Wildman–Crippen MR) is 152 cm³/mol. The summed E-state index contributed by atoms with van der Waals surface area (Å²) in [5, 5.41) is 12.8. The SMILES string of the molecule is CCCCCCCCCC[C@H](CC(=O)O)C(=O)[N@+]1(C(=O)OC(C)(C)C)CCNCC1C(=O)OCc1ccccc1. The summed E-state index contributed by atoms with van der Waals surface area (Å²) in [6.07, 6.45) is 7.56. The first-order chi connectivity index (χ1) is 19.0. The van der Waals surface area contributed by atoms with Crippen molar-refractivity contribution in [2.45, 2.75) is 110 Å². The van der Waals surface area contributed by atoms with Crippen molar-refractivity contribution in [2.75, 3.05) is 19.6 Å². The molecule has 1 unspecified atom stereocenters. The molecule has 0 saturated carbocycles. The standard InChI is InChI=1S/C31H48N2O7/c1-5-6-7-8-9-10-11-15-18-25(21-27(34)35)28(36)33(30(38)40-31(2,3)4)20-19-32-22-26(33)29(37)39-23-24-16-13-12-14-17-24/h12-14,16-17,25-26,32H,5-11,15,18-23H2,1-4H3/p+1/t25-,26?,33+/m1/s1. The van der Waals surface area contributed by atoms with Gasteiger partial charge in [0.05, 0.1) is 18.9 Å². The molecule has 1 aromatic rings. The number of hydrogen-bond acceptors (Lipinski definition) is 7. The van der Waals surface area contributed by atoms with Crippen LogP contribution in [0, 0.1) is 5.92 Å². The average molecular weight is 562 g/mol. The summed E-state index contributed by atoms with van der Waals surface area (Å²) in [6.45, 7) is 7.59. The van der Waals surface area contributed by atoms with E-state index in [9.17, 15) is 24.3 Å². The van der Waals surface area contributed by atoms with E-state index in [0.717, 1.165) is 24.8 Å². The second kappa shape index (κ2) is 16.5. The third-order valence-corrected chi connectivity index (χ3v) is 7.30. The summed E-state index contributed by atoms with van der Waals surface area (Å²) in [5.41, 5.74) is -0.133. The topological polar surface area (TPSA) is 119 Å². The largest absolute Gasteiger partial charge is 0.524 e. The van der Waals surface area contributed by atoms with E-state index in [1.165, 1.54) is 25.7 Å². The lowest BCUT2D eigenvalue weighted by Crippen LogP contribution is -2.74. The van der Waals surface area contributed by atoms with Gasteiger partial charge >= 0.3 is 23.9 Å². The molecule has 1 fully saturated rings. The normalized spacial score (nSPS) is 19.9. The Hall–Kier alpha value is -2.78. The summed E-state index contributed by atoms with van der Waals surface area (Å²) in [4.78, 5) is 53.4. The lowest BCUT2D eigenvalue weighted by atomic mass is 9.92. The maximum absolute atomic E-state index is 14.3. The highest BCUT2D eigenvalue weighted by molar-refractivity contribution is 5.90. The molecule has 1 aliphatic heterocycles. The summed E-state index contributed by atoms with van der Waals surface area (Å²) in [7, 11) is 0. The van der Waals surface area contributed by atoms with E-state index in [0.29, 0.717) is 19.4 Å². The van der Waals surface area contributed by atoms with Crippen molar-refractivity contribution in [1.29, 1.82) is 0 Å². The number of amides is 2. The Morgan fingerprint density at radius 2 is 1.62 bits per heavy atom. The van der Waals surface area contributed by atoms with Crippen LogP contribution in [0.4, 0.5) is 4.79 Å². The van der Waals surface area contributed by atoms with E-state index in [1.54, 1.807) is 20.8 Å². The summed E-state index contributed by atoms with van der Waals surface area (Å²) >= 11 is 0. The van der Waals surface area contributed by atoms with Crippen molar-refractivity contribution in [3.63, 3.8) is 0 Å². The summed E-state index contributed by atoms with van der Waals surface area (Å²) in [6, 6.07) is 7.97. The summed E-state index contributed by atoms with van der Waals surface area (Å²) in [5.74, 6) is -3.31. The number of benzene rings is 1. The van der Waals surface area contributed by atoms with E-state index in [2.05, 4.69) is 12.2 Å². The predicted octanol–water partition coefficient (Wildman–Crippen LogP) is 5.60. The van der Waals surface area contributed by atoms with Crippen LogP contribution in [-0.2, 0) is 30.5 Å². The molecule has 0 radical (unpaired) electrons. The molecule has 0 aliphatic carbocycles. The number of quaternary nitrogens is 1. The number of aliphatic carboxylic acids is 1. The van der Waals surface area contributed by atoms with Gasteiger partial charge in [0.25, 0.3) is 0 Å². The van der Waals surface area contributed by atoms with Crippen LogP contribution in [0.3, 0.4) is 0 Å². The zero-order chi connectivity index (χ0) is 29.6. The van der Waals surface area contributed by atoms with Crippen LogP contribution in [0.2, 0.25) is 0 Å². The van der Waals surface area contributed by atoms with Gasteiger partial charge < -0.3 is 19.9 Å². The number of esters is 1. The number of unbranched alkanes of at least 4 members (excludes halogenated alkanes) is 7. The van der Waals surface area contributed by atoms with Crippen LogP contribution in [0.15, 0.2) is 30.3 Å². The number of hydrogen-bond donors (Lipinski definition) is 2. The number of nitrogens with one attached hydrogen (secondary N) is 1. The highest BCUT2D eigenvalue weighted by Crippen LogP contribution is 2.30. The van der Waals surface area contributed by atoms with Crippen molar-refractivity contribution in [2.24, 2.45) is 5.92 Å². The molecular weight excluding hydrogens is 512 g/mol. The van der Waals surface area contributed by atoms with Crippen molar-refractivity contribution >= 4 is 23.9 Å². The number of carbonyl (C=O) groups is 4. The minimum Gasteiger partial charge on any atom is -0.481 e. The smallest absolute Gasteiger partial charge is 0.481 e. The molecule has 9 nitrogen and oxygen atoms in total. The highest BCUT2D eigenvalue weighted by Gasteiger charge is 2.60. The quantitative estimate of drug-likeness (QED) is 0.161. The minimum atomic E-state index is -1.19. The first-order valence-corrected chi connectivity index (χ1v) is 14.8. The van der Waals surface area contributed by atoms with Gasteiger partial charge in [-0.1, -0.05) is 88.6 Å². The fourth-order valence-corrected chi connectivity index (χ4v) is 5.18. The van der Waals surface area contributed by atoms with E-state index in [4.69, 9.17) is 9.47 Å². The second-order valence-electron chi connectivity index (χ2n) is 11.8. The molecule has 1 saturated heterocycles. The van der Waals surface area contributed by atoms with Crippen molar-refractivity contribution in [3.05, 3.63) is 35.9 Å². The van der Waals surface area contributed by atoms with Crippen LogP contribution < -0.4 is 5.32 Å². The molecule has 9 heteroatoms. The Bertz CT molecular complexity index is 960. The molecule has 1 heterocycles. The monoisotopic (exact) mass is 561 g/mol. The molecule has 2 rings (SSSR count). The van der Waals surface area contributed by atoms with Gasteiger partial charge in [-0.3, -0.25) is 4.79 Å². The Labute approximate surface area is 239 Å². The van der Waals surface area contributed by atoms with Gasteiger partial charge in [0.15, 0.2) is 0 Å². The van der Waals surface area contributed by atoms with E-state index >= 15 is 0 Å². The molecule has 2 amide bonds. The fraction of sp³-hybridized carbons (Fsp3) is 0.677. The van der Waals surface area contributed by atoms with Crippen LogP contribution in [0.5, 0.6) is 0 Å². The third-order valence-electron chi connectivity index (χ3n) is 7.30. The molecule has 0 aromatic heterocycles. The van der Waals surface area contributed by atoms with Crippen molar-refractivity contribution in [3.8, 4) is 0 Å². The molecule has 3 atom stereocenters. The number of imide groups is 1. The first kappa shape index (κ1) is 33.4. The Morgan fingerprint density at radius 3 is 2.23 bits per heavy atom. The first-order valence-electron chi connectivity index (χ1n) is 14.8. The van der Waals surface area contributed by atoms with E-state index in [-0.39, 0.29) is 19.7 Å². The van der Waals surface area contributed by atoms with Gasteiger partial charge in [-0.15, -0.1) is 4.48 Å². The van der Waals surface area contributed by atoms with Crippen LogP contribution >= 0.6 is 0 Å². The van der Waals surface area contributed by atoms with Gasteiger partial charge in [0.1, 0.15) is 18.8 Å². The second-order valence-corrected chi connectivity index (χ2v) is 11.8. The molecule has 2 N–H and O–H groups in total. The fourth-order valence-electron chi connectivity index (χ4n) is 5.18. The molecular formula is C31H49N2O7+. The maximum atomic E-state index is 14.3. The lowest BCUT2D eigenvalue weighted by Gasteiger charge is -2.42.